The van der Waals surface area contributed by atoms with Gasteiger partial charge < -0.3 is 14.6 Å². The number of piperidine rings is 1. The van der Waals surface area contributed by atoms with Crippen LogP contribution in [0.5, 0.6) is 0 Å². The van der Waals surface area contributed by atoms with Crippen LogP contribution in [0, 0.1) is 5.92 Å². The van der Waals surface area contributed by atoms with Crippen molar-refractivity contribution in [1.82, 2.24) is 14.8 Å². The van der Waals surface area contributed by atoms with E-state index in [-0.39, 0.29) is 11.7 Å². The Bertz CT molecular complexity index is 1030. The van der Waals surface area contributed by atoms with Gasteiger partial charge in [0.1, 0.15) is 5.76 Å². The van der Waals surface area contributed by atoms with E-state index in [0.29, 0.717) is 27.4 Å². The summed E-state index contributed by atoms with van der Waals surface area (Å²) in [6, 6.07) is 8.74. The van der Waals surface area contributed by atoms with Crippen molar-refractivity contribution in [3.8, 4) is 0 Å². The fourth-order valence-electron chi connectivity index (χ4n) is 3.43. The maximum absolute atomic E-state index is 12.5. The molecule has 0 aliphatic carbocycles. The standard InChI is InChI=1S/C21H23Cl2N5O2S/c1-14-6-8-27(9-7-14)20-25-26-21(28(20)12-16-3-2-10-30-16)31-13-19(29)24-18-5-4-15(22)11-17(18)23/h2-5,10-11,14H,6-9,12-13H2,1H3,(H,24,29). The molecule has 3 aromatic rings. The number of carbonyl (C=O) groups is 1. The lowest BCUT2D eigenvalue weighted by Gasteiger charge is -2.31. The fourth-order valence-corrected chi connectivity index (χ4v) is 4.62. The van der Waals surface area contributed by atoms with Gasteiger partial charge in [0.2, 0.25) is 11.9 Å². The van der Waals surface area contributed by atoms with Crippen LogP contribution in [0.3, 0.4) is 0 Å². The highest BCUT2D eigenvalue weighted by molar-refractivity contribution is 7.99. The summed E-state index contributed by atoms with van der Waals surface area (Å²) < 4.78 is 7.56. The third-order valence-electron chi connectivity index (χ3n) is 5.20. The molecular weight excluding hydrogens is 457 g/mol. The smallest absolute Gasteiger partial charge is 0.234 e. The highest BCUT2D eigenvalue weighted by atomic mass is 35.5. The van der Waals surface area contributed by atoms with Crippen LogP contribution in [0.15, 0.2) is 46.2 Å². The summed E-state index contributed by atoms with van der Waals surface area (Å²) in [5, 5.41) is 13.2. The average molecular weight is 480 g/mol. The van der Waals surface area contributed by atoms with E-state index in [9.17, 15) is 4.79 Å². The highest BCUT2D eigenvalue weighted by Gasteiger charge is 2.23. The summed E-state index contributed by atoms with van der Waals surface area (Å²) in [6.07, 6.45) is 3.90. The fraction of sp³-hybridized carbons (Fsp3) is 0.381. The van der Waals surface area contributed by atoms with E-state index < -0.39 is 0 Å². The lowest BCUT2D eigenvalue weighted by Crippen LogP contribution is -2.35. The van der Waals surface area contributed by atoms with Gasteiger partial charge in [0.05, 0.1) is 29.3 Å². The molecule has 1 aromatic carbocycles. The van der Waals surface area contributed by atoms with Crippen molar-refractivity contribution in [2.75, 3.05) is 29.1 Å². The molecule has 0 radical (unpaired) electrons. The molecule has 1 fully saturated rings. The summed E-state index contributed by atoms with van der Waals surface area (Å²) in [5.41, 5.74) is 0.525. The minimum Gasteiger partial charge on any atom is -0.467 e. The molecule has 0 unspecified atom stereocenters. The van der Waals surface area contributed by atoms with Crippen molar-refractivity contribution in [3.63, 3.8) is 0 Å². The first-order valence-electron chi connectivity index (χ1n) is 10.1. The van der Waals surface area contributed by atoms with Gasteiger partial charge in [0.25, 0.3) is 0 Å². The van der Waals surface area contributed by atoms with Crippen LogP contribution in [0.25, 0.3) is 0 Å². The van der Waals surface area contributed by atoms with Gasteiger partial charge in [-0.1, -0.05) is 41.9 Å². The number of aromatic nitrogens is 3. The molecule has 164 valence electrons. The van der Waals surface area contributed by atoms with E-state index in [1.807, 2.05) is 16.7 Å². The molecule has 10 heteroatoms. The molecule has 31 heavy (non-hydrogen) atoms. The molecule has 7 nitrogen and oxygen atoms in total. The normalized spacial score (nSPS) is 14.7. The van der Waals surface area contributed by atoms with Crippen molar-refractivity contribution in [1.29, 1.82) is 0 Å². The number of furan rings is 1. The lowest BCUT2D eigenvalue weighted by molar-refractivity contribution is -0.113. The van der Waals surface area contributed by atoms with Gasteiger partial charge >= 0.3 is 0 Å². The van der Waals surface area contributed by atoms with Crippen LogP contribution in [0.4, 0.5) is 11.6 Å². The second kappa shape index (κ2) is 9.97. The molecule has 2 aromatic heterocycles. The van der Waals surface area contributed by atoms with Gasteiger partial charge in [-0.3, -0.25) is 9.36 Å². The summed E-state index contributed by atoms with van der Waals surface area (Å²) in [7, 11) is 0. The van der Waals surface area contributed by atoms with Crippen LogP contribution in [-0.2, 0) is 11.3 Å². The first-order chi connectivity index (χ1) is 15.0. The summed E-state index contributed by atoms with van der Waals surface area (Å²) >= 11 is 13.4. The number of halogens is 2. The van der Waals surface area contributed by atoms with Crippen LogP contribution in [0.1, 0.15) is 25.5 Å². The minimum absolute atomic E-state index is 0.173. The Morgan fingerprint density at radius 1 is 1.26 bits per heavy atom. The molecular formula is C21H23Cl2N5O2S. The summed E-state index contributed by atoms with van der Waals surface area (Å²) in [4.78, 5) is 14.7. The van der Waals surface area contributed by atoms with Gasteiger partial charge in [-0.25, -0.2) is 0 Å². The van der Waals surface area contributed by atoms with Crippen molar-refractivity contribution in [2.24, 2.45) is 5.92 Å². The molecule has 1 amide bonds. The number of nitrogens with zero attached hydrogens (tertiary/aromatic N) is 4. The molecule has 3 heterocycles. The first-order valence-corrected chi connectivity index (χ1v) is 11.8. The molecule has 1 aliphatic rings. The monoisotopic (exact) mass is 479 g/mol. The Morgan fingerprint density at radius 2 is 2.06 bits per heavy atom. The summed E-state index contributed by atoms with van der Waals surface area (Å²) in [6.45, 7) is 4.67. The second-order valence-electron chi connectivity index (χ2n) is 7.58. The molecule has 0 atom stereocenters. The number of nitrogens with one attached hydrogen (secondary N) is 1. The van der Waals surface area contributed by atoms with Gasteiger partial charge in [0, 0.05) is 18.1 Å². The Balaban J connectivity index is 1.47. The van der Waals surface area contributed by atoms with E-state index >= 15 is 0 Å². The number of hydrogen-bond donors (Lipinski definition) is 1. The first kappa shape index (κ1) is 22.0. The predicted octanol–water partition coefficient (Wildman–Crippen LogP) is 5.19. The quantitative estimate of drug-likeness (QED) is 0.469. The Hall–Kier alpha value is -2.16. The topological polar surface area (TPSA) is 76.2 Å². The van der Waals surface area contributed by atoms with E-state index in [0.717, 1.165) is 43.6 Å². The molecule has 0 bridgehead atoms. The van der Waals surface area contributed by atoms with Crippen LogP contribution >= 0.6 is 35.0 Å². The Morgan fingerprint density at radius 3 is 2.77 bits per heavy atom. The zero-order chi connectivity index (χ0) is 21.8. The number of benzene rings is 1. The summed E-state index contributed by atoms with van der Waals surface area (Å²) in [5.74, 6) is 2.33. The van der Waals surface area contributed by atoms with Crippen molar-refractivity contribution < 1.29 is 9.21 Å². The molecule has 1 aliphatic heterocycles. The molecule has 1 saturated heterocycles. The lowest BCUT2D eigenvalue weighted by atomic mass is 10.00. The van der Waals surface area contributed by atoms with Gasteiger partial charge in [-0.2, -0.15) is 0 Å². The van der Waals surface area contributed by atoms with E-state index in [1.54, 1.807) is 24.5 Å². The third kappa shape index (κ3) is 5.56. The van der Waals surface area contributed by atoms with E-state index in [2.05, 4.69) is 27.3 Å². The van der Waals surface area contributed by atoms with Gasteiger partial charge in [-0.15, -0.1) is 10.2 Å². The van der Waals surface area contributed by atoms with Crippen LogP contribution < -0.4 is 10.2 Å². The molecule has 1 N–H and O–H groups in total. The number of thioether (sulfide) groups is 1. The molecule has 0 saturated carbocycles. The van der Waals surface area contributed by atoms with Crippen molar-refractivity contribution >= 4 is 52.5 Å². The number of hydrogen-bond acceptors (Lipinski definition) is 6. The second-order valence-corrected chi connectivity index (χ2v) is 9.36. The highest BCUT2D eigenvalue weighted by Crippen LogP contribution is 2.28. The minimum atomic E-state index is -0.185. The van der Waals surface area contributed by atoms with Gasteiger partial charge in [-0.05, 0) is 49.1 Å². The maximum Gasteiger partial charge on any atom is 0.234 e. The predicted molar refractivity (Wildman–Crippen MR) is 124 cm³/mol. The van der Waals surface area contributed by atoms with E-state index in [4.69, 9.17) is 27.6 Å². The largest absolute Gasteiger partial charge is 0.467 e. The van der Waals surface area contributed by atoms with Gasteiger partial charge in [0.15, 0.2) is 5.16 Å². The molecule has 0 spiro atoms. The number of anilines is 2. The zero-order valence-corrected chi connectivity index (χ0v) is 19.4. The van der Waals surface area contributed by atoms with Crippen LogP contribution in [0.2, 0.25) is 10.0 Å². The number of amides is 1. The van der Waals surface area contributed by atoms with Crippen molar-refractivity contribution in [2.45, 2.75) is 31.5 Å². The molecule has 4 rings (SSSR count). The third-order valence-corrected chi connectivity index (χ3v) is 6.71. The van der Waals surface area contributed by atoms with Crippen LogP contribution in [-0.4, -0.2) is 39.5 Å². The Labute approximate surface area is 195 Å². The maximum atomic E-state index is 12.5. The number of rotatable bonds is 7. The SMILES string of the molecule is CC1CCN(c2nnc(SCC(=O)Nc3ccc(Cl)cc3Cl)n2Cc2ccco2)CC1. The Kier molecular flexibility index (Phi) is 7.09. The zero-order valence-electron chi connectivity index (χ0n) is 17.1. The van der Waals surface area contributed by atoms with E-state index in [1.165, 1.54) is 11.8 Å². The van der Waals surface area contributed by atoms with Crippen molar-refractivity contribution in [3.05, 3.63) is 52.4 Å². The average Bonchev–Trinajstić information content (AvgIpc) is 3.40. The number of carbonyl (C=O) groups excluding carboxylic acids is 1.